The van der Waals surface area contributed by atoms with Crippen LogP contribution in [0.4, 0.5) is 5.69 Å². The Morgan fingerprint density at radius 1 is 1.45 bits per heavy atom. The number of nitrogens with one attached hydrogen (secondary N) is 1. The number of fused-ring (bicyclic) bond motifs is 1. The van der Waals surface area contributed by atoms with Gasteiger partial charge in [-0.1, -0.05) is 20.3 Å². The van der Waals surface area contributed by atoms with Gasteiger partial charge in [0.25, 0.3) is 0 Å². The molecule has 110 valence electrons. The minimum atomic E-state index is -0.266. The lowest BCUT2D eigenvalue weighted by atomic mass is 9.81. The molecule has 1 aliphatic heterocycles. The molecule has 0 aliphatic carbocycles. The summed E-state index contributed by atoms with van der Waals surface area (Å²) < 4.78 is 6.19. The van der Waals surface area contributed by atoms with Crippen LogP contribution in [0.5, 0.6) is 5.75 Å². The van der Waals surface area contributed by atoms with E-state index in [1.165, 1.54) is 0 Å². The highest BCUT2D eigenvalue weighted by molar-refractivity contribution is 9.10. The maximum absolute atomic E-state index is 12.6. The van der Waals surface area contributed by atoms with Crippen LogP contribution in [-0.2, 0) is 4.79 Å². The quantitative estimate of drug-likeness (QED) is 0.848. The lowest BCUT2D eigenvalue weighted by Crippen LogP contribution is -2.36. The summed E-state index contributed by atoms with van der Waals surface area (Å²) in [5.41, 5.74) is 0.608. The summed E-state index contributed by atoms with van der Waals surface area (Å²) in [7, 11) is 1.65. The molecule has 0 saturated carbocycles. The minimum Gasteiger partial charge on any atom is -0.496 e. The van der Waals surface area contributed by atoms with E-state index in [2.05, 4.69) is 35.1 Å². The Bertz CT molecular complexity index is 521. The Labute approximate surface area is 133 Å². The second kappa shape index (κ2) is 6.39. The fourth-order valence-electron chi connectivity index (χ4n) is 2.55. The molecule has 20 heavy (non-hydrogen) atoms. The summed E-state index contributed by atoms with van der Waals surface area (Å²) in [6.07, 6.45) is 2.81. The van der Waals surface area contributed by atoms with Crippen molar-refractivity contribution < 1.29 is 9.53 Å². The molecule has 2 rings (SSSR count). The van der Waals surface area contributed by atoms with Gasteiger partial charge in [-0.2, -0.15) is 0 Å². The summed E-state index contributed by atoms with van der Waals surface area (Å²) in [6.45, 7) is 4.23. The molecule has 1 atom stereocenters. The Morgan fingerprint density at radius 3 is 2.80 bits per heavy atom. The van der Waals surface area contributed by atoms with Crippen LogP contribution in [0.3, 0.4) is 0 Å². The Hall–Kier alpha value is -0.680. The van der Waals surface area contributed by atoms with Crippen LogP contribution >= 0.6 is 27.7 Å². The summed E-state index contributed by atoms with van der Waals surface area (Å²) in [4.78, 5) is 13.7. The SMILES string of the molecule is CCCC1(CC)CSc2cc(OC)c(Br)cc2NC1=O. The zero-order chi connectivity index (χ0) is 14.8. The highest BCUT2D eigenvalue weighted by Gasteiger charge is 2.38. The van der Waals surface area contributed by atoms with Gasteiger partial charge in [-0.05, 0) is 40.9 Å². The minimum absolute atomic E-state index is 0.144. The van der Waals surface area contributed by atoms with Crippen LogP contribution in [0.2, 0.25) is 0 Å². The number of benzene rings is 1. The van der Waals surface area contributed by atoms with Crippen LogP contribution in [0.25, 0.3) is 0 Å². The van der Waals surface area contributed by atoms with E-state index in [1.54, 1.807) is 18.9 Å². The fourth-order valence-corrected chi connectivity index (χ4v) is 4.42. The topological polar surface area (TPSA) is 38.3 Å². The number of rotatable bonds is 4. The molecule has 0 saturated heterocycles. The highest BCUT2D eigenvalue weighted by Crippen LogP contribution is 2.44. The average molecular weight is 358 g/mol. The highest BCUT2D eigenvalue weighted by atomic mass is 79.9. The standard InChI is InChI=1S/C15H20BrNO2S/c1-4-6-15(5-2)9-20-13-8-12(19-3)10(16)7-11(13)17-14(15)18/h7-8H,4-6,9H2,1-3H3,(H,17,18). The number of amides is 1. The summed E-state index contributed by atoms with van der Waals surface area (Å²) in [5, 5.41) is 3.10. The molecule has 1 aromatic carbocycles. The molecule has 0 aromatic heterocycles. The smallest absolute Gasteiger partial charge is 0.231 e. The molecule has 1 unspecified atom stereocenters. The van der Waals surface area contributed by atoms with E-state index in [4.69, 9.17) is 4.74 Å². The number of carbonyl (C=O) groups excluding carboxylic acids is 1. The van der Waals surface area contributed by atoms with Gasteiger partial charge >= 0.3 is 0 Å². The first kappa shape index (κ1) is 15.7. The van der Waals surface area contributed by atoms with Gasteiger partial charge in [-0.15, -0.1) is 11.8 Å². The summed E-state index contributed by atoms with van der Waals surface area (Å²) >= 11 is 5.21. The number of methoxy groups -OCH3 is 1. The molecule has 1 N–H and O–H groups in total. The molecule has 0 fully saturated rings. The van der Waals surface area contributed by atoms with E-state index in [0.717, 1.165) is 45.8 Å². The molecular formula is C15H20BrNO2S. The lowest BCUT2D eigenvalue weighted by Gasteiger charge is -2.28. The average Bonchev–Trinajstić information content (AvgIpc) is 2.56. The number of halogens is 1. The van der Waals surface area contributed by atoms with E-state index in [0.29, 0.717) is 0 Å². The van der Waals surface area contributed by atoms with Crippen molar-refractivity contribution in [1.29, 1.82) is 0 Å². The molecule has 3 nitrogen and oxygen atoms in total. The zero-order valence-corrected chi connectivity index (χ0v) is 14.5. The lowest BCUT2D eigenvalue weighted by molar-refractivity contribution is -0.125. The van der Waals surface area contributed by atoms with Crippen LogP contribution in [0.15, 0.2) is 21.5 Å². The van der Waals surface area contributed by atoms with Gasteiger partial charge in [0.2, 0.25) is 5.91 Å². The van der Waals surface area contributed by atoms with Crippen molar-refractivity contribution in [3.8, 4) is 5.75 Å². The van der Waals surface area contributed by atoms with Crippen LogP contribution in [0.1, 0.15) is 33.1 Å². The molecular weight excluding hydrogens is 338 g/mol. The number of hydrogen-bond donors (Lipinski definition) is 1. The van der Waals surface area contributed by atoms with Gasteiger partial charge in [0, 0.05) is 10.6 Å². The Kier molecular flexibility index (Phi) is 5.02. The summed E-state index contributed by atoms with van der Waals surface area (Å²) in [5.74, 6) is 1.76. The van der Waals surface area contributed by atoms with E-state index < -0.39 is 0 Å². The molecule has 1 aliphatic rings. The van der Waals surface area contributed by atoms with Crippen molar-refractivity contribution in [2.24, 2.45) is 5.41 Å². The van der Waals surface area contributed by atoms with Crippen LogP contribution in [0, 0.1) is 5.41 Å². The van der Waals surface area contributed by atoms with Gasteiger partial charge in [0.15, 0.2) is 0 Å². The second-order valence-electron chi connectivity index (χ2n) is 5.11. The van der Waals surface area contributed by atoms with Crippen molar-refractivity contribution in [3.63, 3.8) is 0 Å². The maximum atomic E-state index is 12.6. The first-order valence-corrected chi connectivity index (χ1v) is 8.66. The Balaban J connectivity index is 2.38. The van der Waals surface area contributed by atoms with Gasteiger partial charge < -0.3 is 10.1 Å². The van der Waals surface area contributed by atoms with Gasteiger partial charge in [-0.3, -0.25) is 4.79 Å². The van der Waals surface area contributed by atoms with E-state index in [1.807, 2.05) is 12.1 Å². The number of thioether (sulfide) groups is 1. The van der Waals surface area contributed by atoms with Gasteiger partial charge in [0.1, 0.15) is 5.75 Å². The van der Waals surface area contributed by atoms with E-state index >= 15 is 0 Å². The third kappa shape index (κ3) is 2.84. The predicted octanol–water partition coefficient (Wildman–Crippen LogP) is 4.70. The normalized spacial score (nSPS) is 21.9. The fraction of sp³-hybridized carbons (Fsp3) is 0.533. The largest absolute Gasteiger partial charge is 0.496 e. The van der Waals surface area contributed by atoms with Gasteiger partial charge in [0.05, 0.1) is 22.7 Å². The molecule has 0 radical (unpaired) electrons. The van der Waals surface area contributed by atoms with Crippen molar-refractivity contribution in [3.05, 3.63) is 16.6 Å². The summed E-state index contributed by atoms with van der Waals surface area (Å²) in [6, 6.07) is 3.92. The molecule has 0 spiro atoms. The third-order valence-electron chi connectivity index (χ3n) is 3.89. The number of carbonyl (C=O) groups is 1. The van der Waals surface area contributed by atoms with Crippen molar-refractivity contribution in [2.75, 3.05) is 18.2 Å². The molecule has 0 bridgehead atoms. The number of hydrogen-bond acceptors (Lipinski definition) is 3. The maximum Gasteiger partial charge on any atom is 0.231 e. The van der Waals surface area contributed by atoms with Crippen LogP contribution < -0.4 is 10.1 Å². The predicted molar refractivity (Wildman–Crippen MR) is 87.7 cm³/mol. The molecule has 1 amide bonds. The number of ether oxygens (including phenoxy) is 1. The third-order valence-corrected chi connectivity index (χ3v) is 5.86. The molecule has 1 heterocycles. The second-order valence-corrected chi connectivity index (χ2v) is 6.98. The molecule has 5 heteroatoms. The zero-order valence-electron chi connectivity index (χ0n) is 12.1. The van der Waals surface area contributed by atoms with E-state index in [-0.39, 0.29) is 11.3 Å². The Morgan fingerprint density at radius 2 is 2.20 bits per heavy atom. The van der Waals surface area contributed by atoms with Crippen molar-refractivity contribution >= 4 is 39.3 Å². The number of anilines is 1. The van der Waals surface area contributed by atoms with E-state index in [9.17, 15) is 4.79 Å². The van der Waals surface area contributed by atoms with Crippen LogP contribution in [-0.4, -0.2) is 18.8 Å². The van der Waals surface area contributed by atoms with Crippen molar-refractivity contribution in [2.45, 2.75) is 38.0 Å². The molecule has 1 aromatic rings. The van der Waals surface area contributed by atoms with Gasteiger partial charge in [-0.25, -0.2) is 0 Å². The first-order chi connectivity index (χ1) is 9.56. The first-order valence-electron chi connectivity index (χ1n) is 6.88. The monoisotopic (exact) mass is 357 g/mol. The van der Waals surface area contributed by atoms with Crippen molar-refractivity contribution in [1.82, 2.24) is 0 Å².